The second kappa shape index (κ2) is 10.4. The number of piperidine rings is 1. The van der Waals surface area contributed by atoms with Crippen molar-refractivity contribution in [1.82, 2.24) is 5.32 Å². The zero-order chi connectivity index (χ0) is 21.5. The van der Waals surface area contributed by atoms with Crippen LogP contribution >= 0.6 is 12.2 Å². The molecule has 2 aromatic carbocycles. The average molecular weight is 422 g/mol. The Morgan fingerprint density at radius 1 is 1.10 bits per heavy atom. The Morgan fingerprint density at radius 2 is 1.80 bits per heavy atom. The molecule has 30 heavy (non-hydrogen) atoms. The molecule has 1 heterocycles. The van der Waals surface area contributed by atoms with Crippen molar-refractivity contribution >= 4 is 40.7 Å². The van der Waals surface area contributed by atoms with Crippen LogP contribution in [0.5, 0.6) is 0 Å². The van der Waals surface area contributed by atoms with Crippen LogP contribution < -0.4 is 15.5 Å². The molecule has 0 spiro atoms. The van der Waals surface area contributed by atoms with E-state index in [0.717, 1.165) is 17.8 Å². The smallest absolute Gasteiger partial charge is 0.250 e. The molecule has 1 fully saturated rings. The molecule has 1 atom stereocenters. The van der Waals surface area contributed by atoms with Gasteiger partial charge in [-0.05, 0) is 85.8 Å². The fourth-order valence-corrected chi connectivity index (χ4v) is 3.92. The van der Waals surface area contributed by atoms with E-state index in [9.17, 15) is 4.79 Å². The summed E-state index contributed by atoms with van der Waals surface area (Å²) in [7, 11) is 0. The molecule has 0 radical (unpaired) electrons. The van der Waals surface area contributed by atoms with Crippen molar-refractivity contribution in [2.75, 3.05) is 16.8 Å². The van der Waals surface area contributed by atoms with Crippen molar-refractivity contribution < 1.29 is 4.79 Å². The first-order chi connectivity index (χ1) is 14.4. The van der Waals surface area contributed by atoms with E-state index in [2.05, 4.69) is 60.6 Å². The molecule has 2 aromatic rings. The zero-order valence-corrected chi connectivity index (χ0v) is 18.8. The van der Waals surface area contributed by atoms with Crippen LogP contribution in [0.3, 0.4) is 0 Å². The Morgan fingerprint density at radius 3 is 2.43 bits per heavy atom. The number of hydrogen-bond acceptors (Lipinski definition) is 3. The minimum Gasteiger partial charge on any atom is -0.369 e. The summed E-state index contributed by atoms with van der Waals surface area (Å²) in [6.45, 7) is 7.71. The highest BCUT2D eigenvalue weighted by Crippen LogP contribution is 2.25. The molecule has 5 heteroatoms. The van der Waals surface area contributed by atoms with E-state index in [0.29, 0.717) is 17.1 Å². The lowest BCUT2D eigenvalue weighted by Gasteiger charge is -2.35. The van der Waals surface area contributed by atoms with E-state index in [4.69, 9.17) is 12.2 Å². The zero-order valence-electron chi connectivity index (χ0n) is 18.0. The molecule has 4 nitrogen and oxygen atoms in total. The lowest BCUT2D eigenvalue weighted by atomic mass is 10.0. The van der Waals surface area contributed by atoms with Gasteiger partial charge in [-0.15, -0.1) is 0 Å². The Kier molecular flexibility index (Phi) is 7.63. The SMILES string of the molecule is CC(C)c1ccc(/C=C/C(=O)NC(=S)Nc2ccc(N3CCCC[C@H]3C)cc2)cc1. The maximum Gasteiger partial charge on any atom is 0.250 e. The van der Waals surface area contributed by atoms with Gasteiger partial charge in [0.2, 0.25) is 5.91 Å². The number of thiocarbonyl (C=S) groups is 1. The normalized spacial score (nSPS) is 16.7. The van der Waals surface area contributed by atoms with Crippen LogP contribution in [0.2, 0.25) is 0 Å². The summed E-state index contributed by atoms with van der Waals surface area (Å²) in [6.07, 6.45) is 7.08. The summed E-state index contributed by atoms with van der Waals surface area (Å²) in [5.74, 6) is 0.242. The largest absolute Gasteiger partial charge is 0.369 e. The maximum absolute atomic E-state index is 12.2. The number of rotatable bonds is 5. The molecule has 0 unspecified atom stereocenters. The number of hydrogen-bond donors (Lipinski definition) is 2. The van der Waals surface area contributed by atoms with Gasteiger partial charge < -0.3 is 10.2 Å². The number of amides is 1. The van der Waals surface area contributed by atoms with Crippen molar-refractivity contribution in [2.45, 2.75) is 52.0 Å². The van der Waals surface area contributed by atoms with Crippen molar-refractivity contribution in [1.29, 1.82) is 0 Å². The van der Waals surface area contributed by atoms with Crippen LogP contribution in [0.4, 0.5) is 11.4 Å². The predicted molar refractivity (Wildman–Crippen MR) is 131 cm³/mol. The van der Waals surface area contributed by atoms with Gasteiger partial charge in [-0.3, -0.25) is 10.1 Å². The molecule has 0 saturated carbocycles. The van der Waals surface area contributed by atoms with Gasteiger partial charge >= 0.3 is 0 Å². The monoisotopic (exact) mass is 421 g/mol. The minimum absolute atomic E-state index is 0.251. The number of carbonyl (C=O) groups is 1. The molecule has 1 saturated heterocycles. The van der Waals surface area contributed by atoms with Gasteiger partial charge in [0.05, 0.1) is 0 Å². The van der Waals surface area contributed by atoms with Crippen LogP contribution in [0, 0.1) is 0 Å². The van der Waals surface area contributed by atoms with Gasteiger partial charge in [0.15, 0.2) is 5.11 Å². The van der Waals surface area contributed by atoms with E-state index in [1.54, 1.807) is 6.08 Å². The summed E-state index contributed by atoms with van der Waals surface area (Å²) >= 11 is 5.28. The Balaban J connectivity index is 1.50. The Labute approximate surface area is 185 Å². The van der Waals surface area contributed by atoms with Gasteiger partial charge in [0.1, 0.15) is 0 Å². The summed E-state index contributed by atoms with van der Waals surface area (Å²) in [6, 6.07) is 17.0. The Hall–Kier alpha value is -2.66. The highest BCUT2D eigenvalue weighted by Gasteiger charge is 2.18. The molecule has 3 rings (SSSR count). The van der Waals surface area contributed by atoms with E-state index < -0.39 is 0 Å². The summed E-state index contributed by atoms with van der Waals surface area (Å²) in [4.78, 5) is 14.6. The van der Waals surface area contributed by atoms with Crippen LogP contribution in [0.1, 0.15) is 57.1 Å². The number of benzene rings is 2. The third-order valence-electron chi connectivity index (χ3n) is 5.53. The van der Waals surface area contributed by atoms with Gasteiger partial charge in [-0.25, -0.2) is 0 Å². The summed E-state index contributed by atoms with van der Waals surface area (Å²) < 4.78 is 0. The minimum atomic E-state index is -0.251. The average Bonchev–Trinajstić information content (AvgIpc) is 2.73. The molecule has 1 aliphatic heterocycles. The standard InChI is InChI=1S/C25H31N3OS/c1-18(2)21-10-7-20(8-11-21)9-16-24(29)27-25(30)26-22-12-14-23(15-13-22)28-17-5-4-6-19(28)3/h7-16,18-19H,4-6,17H2,1-3H3,(H2,26,27,29,30)/b16-9+/t19-/m1/s1. The quantitative estimate of drug-likeness (QED) is 0.479. The lowest BCUT2D eigenvalue weighted by Crippen LogP contribution is -2.37. The molecular formula is C25H31N3OS. The van der Waals surface area contributed by atoms with Crippen molar-refractivity contribution in [2.24, 2.45) is 0 Å². The van der Waals surface area contributed by atoms with Gasteiger partial charge in [0.25, 0.3) is 0 Å². The highest BCUT2D eigenvalue weighted by molar-refractivity contribution is 7.80. The predicted octanol–water partition coefficient (Wildman–Crippen LogP) is 5.72. The van der Waals surface area contributed by atoms with Crippen molar-refractivity contribution in [3.8, 4) is 0 Å². The maximum atomic E-state index is 12.2. The number of nitrogens with zero attached hydrogens (tertiary/aromatic N) is 1. The first kappa shape index (κ1) is 22.0. The third kappa shape index (κ3) is 6.17. The second-order valence-electron chi connectivity index (χ2n) is 8.18. The Bertz CT molecular complexity index is 888. The van der Waals surface area contributed by atoms with Crippen LogP contribution in [0.15, 0.2) is 54.6 Å². The molecule has 0 aromatic heterocycles. The van der Waals surface area contributed by atoms with Crippen molar-refractivity contribution in [3.63, 3.8) is 0 Å². The van der Waals surface area contributed by atoms with Gasteiger partial charge in [-0.2, -0.15) is 0 Å². The van der Waals surface area contributed by atoms with Crippen LogP contribution in [0.25, 0.3) is 6.08 Å². The first-order valence-electron chi connectivity index (χ1n) is 10.7. The molecule has 1 amide bonds. The van der Waals surface area contributed by atoms with Crippen LogP contribution in [-0.2, 0) is 4.79 Å². The van der Waals surface area contributed by atoms with E-state index in [-0.39, 0.29) is 5.91 Å². The molecular weight excluding hydrogens is 390 g/mol. The fraction of sp³-hybridized carbons (Fsp3) is 0.360. The summed E-state index contributed by atoms with van der Waals surface area (Å²) in [5, 5.41) is 6.07. The van der Waals surface area contributed by atoms with Gasteiger partial charge in [0, 0.05) is 30.0 Å². The fourth-order valence-electron chi connectivity index (χ4n) is 3.70. The lowest BCUT2D eigenvalue weighted by molar-refractivity contribution is -0.115. The second-order valence-corrected chi connectivity index (χ2v) is 8.59. The van der Waals surface area contributed by atoms with Crippen LogP contribution in [-0.4, -0.2) is 23.6 Å². The molecule has 2 N–H and O–H groups in total. The molecule has 0 aliphatic carbocycles. The molecule has 158 valence electrons. The summed E-state index contributed by atoms with van der Waals surface area (Å²) in [5.41, 5.74) is 4.36. The first-order valence-corrected chi connectivity index (χ1v) is 11.1. The number of carbonyl (C=O) groups excluding carboxylic acids is 1. The van der Waals surface area contributed by atoms with Crippen molar-refractivity contribution in [3.05, 3.63) is 65.7 Å². The molecule has 0 bridgehead atoms. The number of anilines is 2. The third-order valence-corrected chi connectivity index (χ3v) is 5.73. The highest BCUT2D eigenvalue weighted by atomic mass is 32.1. The topological polar surface area (TPSA) is 44.4 Å². The van der Waals surface area contributed by atoms with E-state index in [1.807, 2.05) is 24.3 Å². The van der Waals surface area contributed by atoms with E-state index >= 15 is 0 Å². The number of nitrogens with one attached hydrogen (secondary N) is 2. The van der Waals surface area contributed by atoms with E-state index in [1.165, 1.54) is 36.6 Å². The molecule has 1 aliphatic rings. The van der Waals surface area contributed by atoms with Gasteiger partial charge in [-0.1, -0.05) is 38.1 Å².